The lowest BCUT2D eigenvalue weighted by Crippen LogP contribution is -2.23. The Hall–Kier alpha value is -2.78. The van der Waals surface area contributed by atoms with Crippen molar-refractivity contribution in [1.29, 1.82) is 0 Å². The predicted octanol–water partition coefficient (Wildman–Crippen LogP) is 1.35. The first-order chi connectivity index (χ1) is 11.9. The molecule has 0 saturated carbocycles. The van der Waals surface area contributed by atoms with Crippen molar-refractivity contribution in [2.45, 2.75) is 11.4 Å². The fourth-order valence-corrected chi connectivity index (χ4v) is 3.49. The molecule has 9 heteroatoms. The van der Waals surface area contributed by atoms with Crippen molar-refractivity contribution in [2.75, 3.05) is 14.2 Å². The van der Waals surface area contributed by atoms with E-state index < -0.39 is 15.7 Å². The van der Waals surface area contributed by atoms with Gasteiger partial charge in [-0.1, -0.05) is 0 Å². The van der Waals surface area contributed by atoms with Gasteiger partial charge in [-0.3, -0.25) is 0 Å². The molecule has 8 nitrogen and oxygen atoms in total. The van der Waals surface area contributed by atoms with E-state index in [1.807, 2.05) is 0 Å². The largest absolute Gasteiger partial charge is 0.497 e. The molecule has 0 aliphatic heterocycles. The molecule has 0 aliphatic rings. The summed E-state index contributed by atoms with van der Waals surface area (Å²) in [6.07, 6.45) is 0. The summed E-state index contributed by atoms with van der Waals surface area (Å²) in [5, 5.41) is 0. The molecule has 0 atom stereocenters. The highest BCUT2D eigenvalue weighted by molar-refractivity contribution is 7.89. The Morgan fingerprint density at radius 1 is 1.00 bits per heavy atom. The van der Waals surface area contributed by atoms with Gasteiger partial charge in [0, 0.05) is 12.1 Å². The Labute approximate surface area is 143 Å². The van der Waals surface area contributed by atoms with Crippen molar-refractivity contribution < 1.29 is 17.9 Å². The maximum Gasteiger partial charge on any atom is 0.323 e. The number of H-pyrrole nitrogens is 2. The normalized spacial score (nSPS) is 11.6. The highest BCUT2D eigenvalue weighted by Gasteiger charge is 2.16. The molecule has 0 saturated heterocycles. The number of methoxy groups -OCH3 is 2. The number of sulfonamides is 1. The molecule has 0 amide bonds. The van der Waals surface area contributed by atoms with Crippen LogP contribution in [0.5, 0.6) is 11.5 Å². The topological polar surface area (TPSA) is 113 Å². The molecule has 0 spiro atoms. The van der Waals surface area contributed by atoms with Crippen molar-refractivity contribution in [3.8, 4) is 11.5 Å². The van der Waals surface area contributed by atoms with Gasteiger partial charge in [0.2, 0.25) is 10.0 Å². The lowest BCUT2D eigenvalue weighted by molar-refractivity contribution is 0.398. The summed E-state index contributed by atoms with van der Waals surface area (Å²) in [7, 11) is -0.727. The summed E-state index contributed by atoms with van der Waals surface area (Å²) in [5.41, 5.74) is 1.21. The van der Waals surface area contributed by atoms with Crippen molar-refractivity contribution in [3.05, 3.63) is 52.4 Å². The van der Waals surface area contributed by atoms with Crippen molar-refractivity contribution >= 4 is 21.1 Å². The molecule has 0 fully saturated rings. The summed E-state index contributed by atoms with van der Waals surface area (Å²) in [4.78, 5) is 16.4. The van der Waals surface area contributed by atoms with Gasteiger partial charge < -0.3 is 19.4 Å². The number of hydrogen-bond donors (Lipinski definition) is 3. The first kappa shape index (κ1) is 17.1. The van der Waals surface area contributed by atoms with Gasteiger partial charge in [-0.15, -0.1) is 0 Å². The first-order valence-corrected chi connectivity index (χ1v) is 8.84. The number of imidazole rings is 1. The molecule has 25 heavy (non-hydrogen) atoms. The summed E-state index contributed by atoms with van der Waals surface area (Å²) in [6.45, 7) is 0.0321. The van der Waals surface area contributed by atoms with Crippen LogP contribution in [0.25, 0.3) is 11.0 Å². The number of aromatic amines is 2. The number of aromatic nitrogens is 2. The van der Waals surface area contributed by atoms with E-state index in [2.05, 4.69) is 14.7 Å². The highest BCUT2D eigenvalue weighted by atomic mass is 32.2. The molecular formula is C16H17N3O5S. The fourth-order valence-electron chi connectivity index (χ4n) is 2.45. The van der Waals surface area contributed by atoms with Crippen molar-refractivity contribution in [2.24, 2.45) is 0 Å². The van der Waals surface area contributed by atoms with Gasteiger partial charge in [0.25, 0.3) is 0 Å². The average molecular weight is 363 g/mol. The summed E-state index contributed by atoms with van der Waals surface area (Å²) >= 11 is 0. The van der Waals surface area contributed by atoms with Gasteiger partial charge >= 0.3 is 5.69 Å². The van der Waals surface area contributed by atoms with E-state index in [-0.39, 0.29) is 11.4 Å². The second-order valence-electron chi connectivity index (χ2n) is 5.29. The van der Waals surface area contributed by atoms with E-state index in [0.717, 1.165) is 0 Å². The van der Waals surface area contributed by atoms with Crippen LogP contribution in [0.4, 0.5) is 0 Å². The molecule has 0 bridgehead atoms. The smallest absolute Gasteiger partial charge is 0.323 e. The van der Waals surface area contributed by atoms with Crippen LogP contribution in [0.1, 0.15) is 5.56 Å². The van der Waals surface area contributed by atoms with Crippen molar-refractivity contribution in [3.63, 3.8) is 0 Å². The number of nitrogens with one attached hydrogen (secondary N) is 3. The van der Waals surface area contributed by atoms with Gasteiger partial charge in [-0.2, -0.15) is 0 Å². The van der Waals surface area contributed by atoms with Crippen LogP contribution in [-0.2, 0) is 16.6 Å². The number of hydrogen-bond acceptors (Lipinski definition) is 5. The van der Waals surface area contributed by atoms with E-state index in [4.69, 9.17) is 9.47 Å². The van der Waals surface area contributed by atoms with Crippen LogP contribution in [0, 0.1) is 0 Å². The second-order valence-corrected chi connectivity index (χ2v) is 7.06. The predicted molar refractivity (Wildman–Crippen MR) is 92.5 cm³/mol. The third kappa shape index (κ3) is 3.52. The molecule has 2 aromatic carbocycles. The molecule has 132 valence electrons. The van der Waals surface area contributed by atoms with E-state index in [0.29, 0.717) is 28.1 Å². The third-order valence-electron chi connectivity index (χ3n) is 3.74. The van der Waals surface area contributed by atoms with Crippen LogP contribution >= 0.6 is 0 Å². The van der Waals surface area contributed by atoms with E-state index >= 15 is 0 Å². The van der Waals surface area contributed by atoms with Crippen LogP contribution in [0.15, 0.2) is 46.1 Å². The second kappa shape index (κ2) is 6.61. The summed E-state index contributed by atoms with van der Waals surface area (Å²) in [5.74, 6) is 1.15. The Kier molecular flexibility index (Phi) is 4.51. The molecule has 3 rings (SSSR count). The number of rotatable bonds is 6. The SMILES string of the molecule is COc1ccc(OC)c(CNS(=O)(=O)c2ccc3[nH]c(=O)[nH]c3c2)c1. The first-order valence-electron chi connectivity index (χ1n) is 7.35. The molecule has 0 unspecified atom stereocenters. The zero-order chi connectivity index (χ0) is 18.0. The molecule has 1 aromatic heterocycles. The third-order valence-corrected chi connectivity index (χ3v) is 5.14. The lowest BCUT2D eigenvalue weighted by atomic mass is 10.2. The minimum absolute atomic E-state index is 0.0321. The van der Waals surface area contributed by atoms with Crippen LogP contribution in [-0.4, -0.2) is 32.6 Å². The van der Waals surface area contributed by atoms with E-state index in [9.17, 15) is 13.2 Å². The zero-order valence-corrected chi connectivity index (χ0v) is 14.4. The summed E-state index contributed by atoms with van der Waals surface area (Å²) in [6, 6.07) is 9.50. The van der Waals surface area contributed by atoms with Crippen LogP contribution in [0.2, 0.25) is 0 Å². The van der Waals surface area contributed by atoms with Gasteiger partial charge in [0.1, 0.15) is 11.5 Å². The molecule has 0 radical (unpaired) electrons. The monoisotopic (exact) mass is 363 g/mol. The van der Waals surface area contributed by atoms with Gasteiger partial charge in [-0.25, -0.2) is 17.9 Å². The number of ether oxygens (including phenoxy) is 2. The molecular weight excluding hydrogens is 346 g/mol. The van der Waals surface area contributed by atoms with Gasteiger partial charge in [0.15, 0.2) is 0 Å². The number of benzene rings is 2. The van der Waals surface area contributed by atoms with Gasteiger partial charge in [-0.05, 0) is 36.4 Å². The van der Waals surface area contributed by atoms with Crippen LogP contribution < -0.4 is 19.9 Å². The quantitative estimate of drug-likeness (QED) is 0.612. The lowest BCUT2D eigenvalue weighted by Gasteiger charge is -2.12. The molecule has 3 N–H and O–H groups in total. The minimum atomic E-state index is -3.77. The number of fused-ring (bicyclic) bond motifs is 1. The Balaban J connectivity index is 1.87. The summed E-state index contributed by atoms with van der Waals surface area (Å²) < 4.78 is 38.0. The Bertz CT molecular complexity index is 1070. The fraction of sp³-hybridized carbons (Fsp3) is 0.188. The van der Waals surface area contributed by atoms with Crippen LogP contribution in [0.3, 0.4) is 0 Å². The molecule has 1 heterocycles. The zero-order valence-electron chi connectivity index (χ0n) is 13.6. The standard InChI is InChI=1S/C16H17N3O5S/c1-23-11-3-6-15(24-2)10(7-11)9-17-25(21,22)12-4-5-13-14(8-12)19-16(20)18-13/h3-8,17H,9H2,1-2H3,(H2,18,19,20). The van der Waals surface area contributed by atoms with E-state index in [1.54, 1.807) is 18.2 Å². The van der Waals surface area contributed by atoms with E-state index in [1.165, 1.54) is 32.4 Å². The molecule has 0 aliphatic carbocycles. The Morgan fingerprint density at radius 3 is 2.48 bits per heavy atom. The van der Waals surface area contributed by atoms with Gasteiger partial charge in [0.05, 0.1) is 30.1 Å². The maximum atomic E-state index is 12.5. The molecule has 3 aromatic rings. The minimum Gasteiger partial charge on any atom is -0.497 e. The van der Waals surface area contributed by atoms with Crippen molar-refractivity contribution in [1.82, 2.24) is 14.7 Å². The Morgan fingerprint density at radius 2 is 1.76 bits per heavy atom. The highest BCUT2D eigenvalue weighted by Crippen LogP contribution is 2.24. The average Bonchev–Trinajstić information content (AvgIpc) is 2.98. The maximum absolute atomic E-state index is 12.5.